The second-order valence-electron chi connectivity index (χ2n) is 7.02. The highest BCUT2D eigenvalue weighted by molar-refractivity contribution is 7.16. The van der Waals surface area contributed by atoms with Crippen molar-refractivity contribution < 1.29 is 14.6 Å². The van der Waals surface area contributed by atoms with Crippen LogP contribution in [-0.2, 0) is 12.8 Å². The summed E-state index contributed by atoms with van der Waals surface area (Å²) < 4.78 is 5.49. The van der Waals surface area contributed by atoms with E-state index in [2.05, 4.69) is 13.8 Å². The van der Waals surface area contributed by atoms with Gasteiger partial charge in [-0.05, 0) is 60.1 Å². The average molecular weight is 345 g/mol. The second-order valence-corrected chi connectivity index (χ2v) is 8.12. The molecule has 0 saturated heterocycles. The van der Waals surface area contributed by atoms with Gasteiger partial charge in [-0.2, -0.15) is 0 Å². The van der Waals surface area contributed by atoms with Crippen molar-refractivity contribution in [2.75, 3.05) is 13.2 Å². The number of nitrogens with two attached hydrogens (primary N) is 1. The van der Waals surface area contributed by atoms with E-state index in [4.69, 9.17) is 10.5 Å². The monoisotopic (exact) mass is 345 g/mol. The fourth-order valence-corrected chi connectivity index (χ4v) is 4.54. The van der Waals surface area contributed by atoms with E-state index in [1.807, 2.05) is 24.3 Å². The lowest BCUT2D eigenvalue weighted by atomic mass is 9.76. The number of rotatable bonds is 5. The van der Waals surface area contributed by atoms with Crippen LogP contribution >= 0.6 is 11.3 Å². The number of aromatic carboxylic acids is 1. The molecule has 3 rings (SSSR count). The van der Waals surface area contributed by atoms with Gasteiger partial charge in [0.25, 0.3) is 0 Å². The van der Waals surface area contributed by atoms with Crippen molar-refractivity contribution in [3.05, 3.63) is 40.3 Å². The molecule has 0 unspecified atom stereocenters. The average Bonchev–Trinajstić information content (AvgIpc) is 2.90. The van der Waals surface area contributed by atoms with Crippen LogP contribution in [0.1, 0.15) is 41.1 Å². The largest absolute Gasteiger partial charge is 0.492 e. The standard InChI is InChI=1S/C19H23NO3S/c1-19(2)8-7-15-14(11-19)16(18(21)22)17(24-15)12-3-5-13(6-4-12)23-10-9-20/h3-6H,7-11,20H2,1-2H3,(H,21,22). The van der Waals surface area contributed by atoms with E-state index in [-0.39, 0.29) is 5.41 Å². The van der Waals surface area contributed by atoms with Crippen molar-refractivity contribution in [1.82, 2.24) is 0 Å². The van der Waals surface area contributed by atoms with Gasteiger partial charge < -0.3 is 15.6 Å². The predicted molar refractivity (Wildman–Crippen MR) is 97.1 cm³/mol. The van der Waals surface area contributed by atoms with Gasteiger partial charge in [-0.1, -0.05) is 13.8 Å². The molecule has 1 aromatic carbocycles. The number of carboxylic acid groups (broad SMARTS) is 1. The highest BCUT2D eigenvalue weighted by atomic mass is 32.1. The topological polar surface area (TPSA) is 72.5 Å². The number of fused-ring (bicyclic) bond motifs is 1. The normalized spacial score (nSPS) is 15.8. The molecule has 0 bridgehead atoms. The van der Waals surface area contributed by atoms with Gasteiger partial charge in [-0.3, -0.25) is 0 Å². The molecule has 2 aromatic rings. The molecule has 4 nitrogen and oxygen atoms in total. The highest BCUT2D eigenvalue weighted by Gasteiger charge is 2.32. The summed E-state index contributed by atoms with van der Waals surface area (Å²) in [6.45, 7) is 5.37. The number of hydrogen-bond acceptors (Lipinski definition) is 4. The van der Waals surface area contributed by atoms with Crippen LogP contribution in [0.15, 0.2) is 24.3 Å². The molecule has 0 saturated carbocycles. The molecule has 0 fully saturated rings. The van der Waals surface area contributed by atoms with Crippen molar-refractivity contribution in [1.29, 1.82) is 0 Å². The minimum absolute atomic E-state index is 0.162. The Morgan fingerprint density at radius 1 is 1.33 bits per heavy atom. The number of thiophene rings is 1. The first-order valence-corrected chi connectivity index (χ1v) is 9.04. The third-order valence-electron chi connectivity index (χ3n) is 4.49. The van der Waals surface area contributed by atoms with Crippen LogP contribution in [0.3, 0.4) is 0 Å². The van der Waals surface area contributed by atoms with Gasteiger partial charge in [-0.25, -0.2) is 4.79 Å². The Balaban J connectivity index is 1.99. The Morgan fingerprint density at radius 2 is 2.04 bits per heavy atom. The Labute approximate surface area is 146 Å². The first-order valence-electron chi connectivity index (χ1n) is 8.22. The predicted octanol–water partition coefficient (Wildman–Crippen LogP) is 3.97. The smallest absolute Gasteiger partial charge is 0.337 e. The lowest BCUT2D eigenvalue weighted by Gasteiger charge is -2.29. The van der Waals surface area contributed by atoms with Crippen LogP contribution in [0.4, 0.5) is 0 Å². The maximum absolute atomic E-state index is 11.9. The Kier molecular flexibility index (Phi) is 4.65. The van der Waals surface area contributed by atoms with Gasteiger partial charge in [0.1, 0.15) is 12.4 Å². The molecule has 0 amide bonds. The molecule has 1 aromatic heterocycles. The van der Waals surface area contributed by atoms with Crippen LogP contribution in [0.25, 0.3) is 10.4 Å². The van der Waals surface area contributed by atoms with Crippen molar-refractivity contribution >= 4 is 17.3 Å². The van der Waals surface area contributed by atoms with Gasteiger partial charge in [0.15, 0.2) is 0 Å². The summed E-state index contributed by atoms with van der Waals surface area (Å²) in [6.07, 6.45) is 2.90. The third kappa shape index (κ3) is 3.32. The molecular weight excluding hydrogens is 322 g/mol. The Hall–Kier alpha value is -1.85. The molecule has 0 aliphatic heterocycles. The molecule has 5 heteroatoms. The minimum Gasteiger partial charge on any atom is -0.492 e. The molecule has 128 valence electrons. The number of carbonyl (C=O) groups is 1. The molecule has 1 heterocycles. The Morgan fingerprint density at radius 3 is 2.67 bits per heavy atom. The minimum atomic E-state index is -0.830. The summed E-state index contributed by atoms with van der Waals surface area (Å²) in [5, 5.41) is 9.78. The van der Waals surface area contributed by atoms with Crippen molar-refractivity contribution in [3.63, 3.8) is 0 Å². The van der Waals surface area contributed by atoms with E-state index >= 15 is 0 Å². The first kappa shape index (κ1) is 17.0. The van der Waals surface area contributed by atoms with Crippen LogP contribution in [0.2, 0.25) is 0 Å². The number of hydrogen-bond donors (Lipinski definition) is 2. The molecular formula is C19H23NO3S. The molecule has 0 radical (unpaired) electrons. The first-order chi connectivity index (χ1) is 11.4. The quantitative estimate of drug-likeness (QED) is 0.860. The van der Waals surface area contributed by atoms with E-state index in [1.165, 1.54) is 4.88 Å². The van der Waals surface area contributed by atoms with Crippen molar-refractivity contribution in [3.8, 4) is 16.2 Å². The van der Waals surface area contributed by atoms with Crippen LogP contribution in [-0.4, -0.2) is 24.2 Å². The van der Waals surface area contributed by atoms with Gasteiger partial charge in [0.2, 0.25) is 0 Å². The van der Waals surface area contributed by atoms with Crippen LogP contribution < -0.4 is 10.5 Å². The summed E-state index contributed by atoms with van der Waals surface area (Å²) in [7, 11) is 0. The lowest BCUT2D eigenvalue weighted by Crippen LogP contribution is -2.22. The molecule has 24 heavy (non-hydrogen) atoms. The van der Waals surface area contributed by atoms with E-state index < -0.39 is 5.97 Å². The van der Waals surface area contributed by atoms with Crippen LogP contribution in [0.5, 0.6) is 5.75 Å². The van der Waals surface area contributed by atoms with Gasteiger partial charge >= 0.3 is 5.97 Å². The maximum Gasteiger partial charge on any atom is 0.337 e. The Bertz CT molecular complexity index is 747. The van der Waals surface area contributed by atoms with Crippen molar-refractivity contribution in [2.45, 2.75) is 33.1 Å². The summed E-state index contributed by atoms with van der Waals surface area (Å²) >= 11 is 1.63. The molecule has 3 N–H and O–H groups in total. The van der Waals surface area contributed by atoms with Crippen LogP contribution in [0, 0.1) is 5.41 Å². The highest BCUT2D eigenvalue weighted by Crippen LogP contribution is 2.45. The lowest BCUT2D eigenvalue weighted by molar-refractivity contribution is 0.0696. The summed E-state index contributed by atoms with van der Waals surface area (Å²) in [5.74, 6) is -0.0767. The van der Waals surface area contributed by atoms with Gasteiger partial charge in [-0.15, -0.1) is 11.3 Å². The molecule has 1 aliphatic carbocycles. The van der Waals surface area contributed by atoms with Crippen molar-refractivity contribution in [2.24, 2.45) is 11.1 Å². The molecule has 0 spiro atoms. The fourth-order valence-electron chi connectivity index (χ4n) is 3.23. The zero-order valence-electron chi connectivity index (χ0n) is 14.1. The van der Waals surface area contributed by atoms with E-state index in [9.17, 15) is 9.90 Å². The number of aryl methyl sites for hydroxylation is 1. The fraction of sp³-hybridized carbons (Fsp3) is 0.421. The van der Waals surface area contributed by atoms with Gasteiger partial charge in [0, 0.05) is 16.3 Å². The summed E-state index contributed by atoms with van der Waals surface area (Å²) in [4.78, 5) is 14.0. The number of carboxylic acids is 1. The SMILES string of the molecule is CC1(C)CCc2sc(-c3ccc(OCCN)cc3)c(C(=O)O)c2C1. The second kappa shape index (κ2) is 6.57. The van der Waals surface area contributed by atoms with E-state index in [0.29, 0.717) is 18.7 Å². The summed E-state index contributed by atoms with van der Waals surface area (Å²) in [6, 6.07) is 7.61. The maximum atomic E-state index is 11.9. The molecule has 0 atom stereocenters. The van der Waals surface area contributed by atoms with E-state index in [0.717, 1.165) is 41.0 Å². The number of benzene rings is 1. The summed E-state index contributed by atoms with van der Waals surface area (Å²) in [5.41, 5.74) is 8.05. The van der Waals surface area contributed by atoms with E-state index in [1.54, 1.807) is 11.3 Å². The molecule has 1 aliphatic rings. The third-order valence-corrected chi connectivity index (χ3v) is 5.83. The van der Waals surface area contributed by atoms with Gasteiger partial charge in [0.05, 0.1) is 5.56 Å². The number of ether oxygens (including phenoxy) is 1. The zero-order chi connectivity index (χ0) is 17.3. The zero-order valence-corrected chi connectivity index (χ0v) is 14.9.